The standard InChI is InChI=1S/C15H15F4N3S.HI/c1-20-14(21-7-10-4-5-23-9-10)22-8-11-2-3-12(16)6-13(11)15(17,18)19;/h2-6,9H,7-8H2,1H3,(H2,20,21,22);1H. The molecule has 24 heavy (non-hydrogen) atoms. The second-order valence-electron chi connectivity index (χ2n) is 4.71. The van der Waals surface area contributed by atoms with E-state index in [1.165, 1.54) is 7.05 Å². The summed E-state index contributed by atoms with van der Waals surface area (Å²) in [4.78, 5) is 3.95. The van der Waals surface area contributed by atoms with Crippen LogP contribution in [-0.2, 0) is 19.3 Å². The summed E-state index contributed by atoms with van der Waals surface area (Å²) >= 11 is 1.55. The number of rotatable bonds is 4. The van der Waals surface area contributed by atoms with Crippen molar-refractivity contribution >= 4 is 41.3 Å². The lowest BCUT2D eigenvalue weighted by molar-refractivity contribution is -0.138. The average Bonchev–Trinajstić information content (AvgIpc) is 3.01. The van der Waals surface area contributed by atoms with Crippen LogP contribution in [0.1, 0.15) is 16.7 Å². The lowest BCUT2D eigenvalue weighted by Gasteiger charge is -2.15. The fraction of sp³-hybridized carbons (Fsp3) is 0.267. The Labute approximate surface area is 158 Å². The molecule has 0 spiro atoms. The van der Waals surface area contributed by atoms with Crippen LogP contribution in [-0.4, -0.2) is 13.0 Å². The largest absolute Gasteiger partial charge is 0.416 e. The van der Waals surface area contributed by atoms with Gasteiger partial charge in [0.1, 0.15) is 5.82 Å². The van der Waals surface area contributed by atoms with Crippen LogP contribution in [0.3, 0.4) is 0 Å². The molecule has 0 radical (unpaired) electrons. The van der Waals surface area contributed by atoms with E-state index >= 15 is 0 Å². The number of aliphatic imine (C=N–C) groups is 1. The maximum absolute atomic E-state index is 13.1. The van der Waals surface area contributed by atoms with Crippen LogP contribution in [0.2, 0.25) is 0 Å². The highest BCUT2D eigenvalue weighted by Crippen LogP contribution is 2.32. The van der Waals surface area contributed by atoms with Crippen molar-refractivity contribution in [3.63, 3.8) is 0 Å². The van der Waals surface area contributed by atoms with Crippen LogP contribution in [0.15, 0.2) is 40.0 Å². The van der Waals surface area contributed by atoms with Gasteiger partial charge >= 0.3 is 6.18 Å². The molecule has 2 rings (SSSR count). The minimum Gasteiger partial charge on any atom is -0.352 e. The number of hydrogen-bond donors (Lipinski definition) is 2. The van der Waals surface area contributed by atoms with Gasteiger partial charge in [0.2, 0.25) is 0 Å². The maximum atomic E-state index is 13.1. The predicted molar refractivity (Wildman–Crippen MR) is 98.2 cm³/mol. The van der Waals surface area contributed by atoms with E-state index < -0.39 is 17.6 Å². The number of benzene rings is 1. The van der Waals surface area contributed by atoms with Crippen molar-refractivity contribution in [2.24, 2.45) is 4.99 Å². The highest BCUT2D eigenvalue weighted by atomic mass is 127. The second-order valence-corrected chi connectivity index (χ2v) is 5.49. The van der Waals surface area contributed by atoms with Crippen LogP contribution in [0.4, 0.5) is 17.6 Å². The van der Waals surface area contributed by atoms with E-state index in [9.17, 15) is 17.6 Å². The van der Waals surface area contributed by atoms with Crippen molar-refractivity contribution in [1.29, 1.82) is 0 Å². The van der Waals surface area contributed by atoms with Crippen LogP contribution >= 0.6 is 35.3 Å². The third kappa shape index (κ3) is 5.93. The summed E-state index contributed by atoms with van der Waals surface area (Å²) in [5.74, 6) is -0.547. The quantitative estimate of drug-likeness (QED) is 0.299. The van der Waals surface area contributed by atoms with Crippen molar-refractivity contribution < 1.29 is 17.6 Å². The molecule has 1 heterocycles. The monoisotopic (exact) mass is 473 g/mol. The minimum atomic E-state index is -4.60. The van der Waals surface area contributed by atoms with Gasteiger partial charge in [-0.25, -0.2) is 4.39 Å². The molecule has 0 aliphatic carbocycles. The van der Waals surface area contributed by atoms with Gasteiger partial charge in [0.25, 0.3) is 0 Å². The molecule has 1 aromatic carbocycles. The van der Waals surface area contributed by atoms with Crippen LogP contribution < -0.4 is 10.6 Å². The molecule has 0 atom stereocenters. The molecule has 0 aliphatic heterocycles. The van der Waals surface area contributed by atoms with Crippen LogP contribution in [0, 0.1) is 5.82 Å². The predicted octanol–water partition coefficient (Wildman–Crippen LogP) is 4.39. The third-order valence-electron chi connectivity index (χ3n) is 3.09. The third-order valence-corrected chi connectivity index (χ3v) is 3.82. The molecule has 9 heteroatoms. The van der Waals surface area contributed by atoms with Gasteiger partial charge in [0.05, 0.1) is 5.56 Å². The van der Waals surface area contributed by atoms with Gasteiger partial charge in [-0.15, -0.1) is 24.0 Å². The molecule has 0 aliphatic rings. The number of thiophene rings is 1. The van der Waals surface area contributed by atoms with E-state index in [2.05, 4.69) is 15.6 Å². The normalized spacial score (nSPS) is 11.8. The smallest absolute Gasteiger partial charge is 0.352 e. The van der Waals surface area contributed by atoms with Gasteiger partial charge in [-0.2, -0.15) is 24.5 Å². The van der Waals surface area contributed by atoms with E-state index in [1.807, 2.05) is 16.8 Å². The Balaban J connectivity index is 0.00000288. The first kappa shape index (κ1) is 20.7. The Hall–Kier alpha value is -1.36. The minimum absolute atomic E-state index is 0. The van der Waals surface area contributed by atoms with Gasteiger partial charge < -0.3 is 10.6 Å². The zero-order chi connectivity index (χ0) is 16.9. The average molecular weight is 473 g/mol. The number of nitrogens with one attached hydrogen (secondary N) is 2. The first-order valence-electron chi connectivity index (χ1n) is 6.71. The number of hydrogen-bond acceptors (Lipinski definition) is 2. The molecule has 0 fully saturated rings. The number of halogens is 5. The topological polar surface area (TPSA) is 36.4 Å². The molecule has 2 aromatic rings. The van der Waals surface area contributed by atoms with Gasteiger partial charge in [-0.3, -0.25) is 4.99 Å². The van der Waals surface area contributed by atoms with Gasteiger partial charge in [-0.05, 0) is 40.1 Å². The molecule has 2 N–H and O–H groups in total. The van der Waals surface area contributed by atoms with Crippen molar-refractivity contribution in [2.45, 2.75) is 19.3 Å². The molecule has 1 aromatic heterocycles. The van der Waals surface area contributed by atoms with Crippen molar-refractivity contribution in [1.82, 2.24) is 10.6 Å². The molecule has 132 valence electrons. The number of nitrogens with zero attached hydrogens (tertiary/aromatic N) is 1. The molecule has 0 saturated carbocycles. The number of alkyl halides is 3. The number of guanidine groups is 1. The highest BCUT2D eigenvalue weighted by Gasteiger charge is 2.33. The molecule has 0 bridgehead atoms. The Bertz CT molecular complexity index is 672. The van der Waals surface area contributed by atoms with Gasteiger partial charge in [0, 0.05) is 20.1 Å². The van der Waals surface area contributed by atoms with E-state index in [4.69, 9.17) is 0 Å². The molecule has 0 saturated heterocycles. The fourth-order valence-corrected chi connectivity index (χ4v) is 2.61. The van der Waals surface area contributed by atoms with Gasteiger partial charge in [-0.1, -0.05) is 6.07 Å². The van der Waals surface area contributed by atoms with Crippen LogP contribution in [0.25, 0.3) is 0 Å². The molecule has 0 unspecified atom stereocenters. The summed E-state index contributed by atoms with van der Waals surface area (Å²) in [6.45, 7) is 0.400. The molecular weight excluding hydrogens is 457 g/mol. The summed E-state index contributed by atoms with van der Waals surface area (Å²) < 4.78 is 51.9. The summed E-state index contributed by atoms with van der Waals surface area (Å²) in [6, 6.07) is 4.57. The molecular formula is C15H16F4IN3S. The lowest BCUT2D eigenvalue weighted by Crippen LogP contribution is -2.36. The van der Waals surface area contributed by atoms with Gasteiger partial charge in [0.15, 0.2) is 5.96 Å². The Morgan fingerprint density at radius 1 is 1.17 bits per heavy atom. The fourth-order valence-electron chi connectivity index (χ4n) is 1.95. The Morgan fingerprint density at radius 3 is 2.46 bits per heavy atom. The zero-order valence-electron chi connectivity index (χ0n) is 12.7. The van der Waals surface area contributed by atoms with Crippen molar-refractivity contribution in [2.75, 3.05) is 7.05 Å². The maximum Gasteiger partial charge on any atom is 0.416 e. The first-order chi connectivity index (χ1) is 10.9. The van der Waals surface area contributed by atoms with E-state index in [-0.39, 0.29) is 36.1 Å². The van der Waals surface area contributed by atoms with E-state index in [0.29, 0.717) is 18.6 Å². The second kappa shape index (κ2) is 9.21. The summed E-state index contributed by atoms with van der Waals surface area (Å²) in [5.41, 5.74) is 0.0198. The first-order valence-corrected chi connectivity index (χ1v) is 7.65. The molecule has 0 amide bonds. The van der Waals surface area contributed by atoms with Crippen molar-refractivity contribution in [3.05, 3.63) is 57.5 Å². The van der Waals surface area contributed by atoms with Crippen molar-refractivity contribution in [3.8, 4) is 0 Å². The van der Waals surface area contributed by atoms with E-state index in [1.54, 1.807) is 11.3 Å². The molecule has 3 nitrogen and oxygen atoms in total. The Morgan fingerprint density at radius 2 is 1.88 bits per heavy atom. The zero-order valence-corrected chi connectivity index (χ0v) is 15.8. The summed E-state index contributed by atoms with van der Waals surface area (Å²) in [7, 11) is 1.53. The summed E-state index contributed by atoms with van der Waals surface area (Å²) in [6.07, 6.45) is -4.60. The van der Waals surface area contributed by atoms with Crippen LogP contribution in [0.5, 0.6) is 0 Å². The SMILES string of the molecule is CN=C(NCc1ccsc1)NCc1ccc(F)cc1C(F)(F)F.I. The van der Waals surface area contributed by atoms with E-state index in [0.717, 1.165) is 17.7 Å². The lowest BCUT2D eigenvalue weighted by atomic mass is 10.1. The highest BCUT2D eigenvalue weighted by molar-refractivity contribution is 14.0. The Kier molecular flexibility index (Phi) is 7.94. The summed E-state index contributed by atoms with van der Waals surface area (Å²) in [5, 5.41) is 9.69.